The molecule has 3 rings (SSSR count). The molecule has 0 bridgehead atoms. The number of Topliss-reactive ketones (excluding diaryl/α,β-unsaturated/α-hetero) is 1. The highest BCUT2D eigenvalue weighted by Crippen LogP contribution is 2.18. The Kier molecular flexibility index (Phi) is 3.94. The lowest BCUT2D eigenvalue weighted by Crippen LogP contribution is -2.12. The van der Waals surface area contributed by atoms with Crippen LogP contribution in [0.4, 0.5) is 0 Å². The van der Waals surface area contributed by atoms with Crippen LogP contribution >= 0.6 is 27.3 Å². The van der Waals surface area contributed by atoms with Crippen LogP contribution in [0.25, 0.3) is 11.4 Å². The number of ketones is 1. The van der Waals surface area contributed by atoms with Crippen LogP contribution in [0.15, 0.2) is 40.9 Å². The van der Waals surface area contributed by atoms with Crippen LogP contribution in [0.5, 0.6) is 0 Å². The van der Waals surface area contributed by atoms with Gasteiger partial charge in [0.2, 0.25) is 5.82 Å². The molecule has 0 N–H and O–H groups in total. The Morgan fingerprint density at radius 1 is 1.24 bits per heavy atom. The Bertz CT molecular complexity index is 778. The van der Waals surface area contributed by atoms with Crippen LogP contribution in [-0.2, 0) is 6.54 Å². The molecule has 0 radical (unpaired) electrons. The Morgan fingerprint density at radius 2 is 2.00 bits per heavy atom. The van der Waals surface area contributed by atoms with Crippen molar-refractivity contribution in [1.82, 2.24) is 20.2 Å². The van der Waals surface area contributed by atoms with Gasteiger partial charge >= 0.3 is 0 Å². The van der Waals surface area contributed by atoms with Crippen molar-refractivity contribution in [3.8, 4) is 11.4 Å². The number of nitrogens with zero attached hydrogens (tertiary/aromatic N) is 4. The van der Waals surface area contributed by atoms with Crippen molar-refractivity contribution >= 4 is 33.0 Å². The molecule has 2 heterocycles. The molecule has 0 saturated carbocycles. The molecule has 0 aliphatic carbocycles. The number of hydrogen-bond donors (Lipinski definition) is 0. The van der Waals surface area contributed by atoms with E-state index in [1.165, 1.54) is 16.1 Å². The minimum atomic E-state index is -0.00661. The minimum Gasteiger partial charge on any atom is -0.291 e. The second-order valence-electron chi connectivity index (χ2n) is 4.48. The zero-order valence-electron chi connectivity index (χ0n) is 11.2. The molecule has 3 aromatic rings. The van der Waals surface area contributed by atoms with Gasteiger partial charge in [0.1, 0.15) is 6.54 Å². The third kappa shape index (κ3) is 3.25. The lowest BCUT2D eigenvalue weighted by Gasteiger charge is -1.96. The maximum absolute atomic E-state index is 12.1. The quantitative estimate of drug-likeness (QED) is 0.667. The van der Waals surface area contributed by atoms with Crippen LogP contribution in [0.1, 0.15) is 14.5 Å². The Hall–Kier alpha value is -1.86. The van der Waals surface area contributed by atoms with Gasteiger partial charge in [0.15, 0.2) is 5.78 Å². The normalized spacial score (nSPS) is 10.8. The molecule has 0 spiro atoms. The van der Waals surface area contributed by atoms with Gasteiger partial charge in [-0.2, -0.15) is 4.80 Å². The fraction of sp³-hybridized carbons (Fsp3) is 0.143. The summed E-state index contributed by atoms with van der Waals surface area (Å²) in [5, 5.41) is 12.2. The lowest BCUT2D eigenvalue weighted by molar-refractivity contribution is 0.0965. The van der Waals surface area contributed by atoms with E-state index in [9.17, 15) is 4.79 Å². The van der Waals surface area contributed by atoms with Gasteiger partial charge in [-0.15, -0.1) is 21.5 Å². The second kappa shape index (κ2) is 5.87. The van der Waals surface area contributed by atoms with Gasteiger partial charge in [-0.3, -0.25) is 4.79 Å². The number of rotatable bonds is 4. The molecule has 7 heteroatoms. The first kappa shape index (κ1) is 14.1. The summed E-state index contributed by atoms with van der Waals surface area (Å²) in [5.41, 5.74) is 0.865. The van der Waals surface area contributed by atoms with Crippen molar-refractivity contribution in [3.05, 3.63) is 50.6 Å². The number of benzene rings is 1. The van der Waals surface area contributed by atoms with Crippen molar-refractivity contribution in [1.29, 1.82) is 0 Å². The van der Waals surface area contributed by atoms with Crippen LogP contribution in [0, 0.1) is 6.92 Å². The zero-order chi connectivity index (χ0) is 14.8. The van der Waals surface area contributed by atoms with Crippen molar-refractivity contribution in [2.45, 2.75) is 13.5 Å². The van der Waals surface area contributed by atoms with Crippen LogP contribution in [-0.4, -0.2) is 26.0 Å². The van der Waals surface area contributed by atoms with Crippen LogP contribution in [0.2, 0.25) is 0 Å². The zero-order valence-corrected chi connectivity index (χ0v) is 13.6. The summed E-state index contributed by atoms with van der Waals surface area (Å²) in [6.45, 7) is 2.07. The summed E-state index contributed by atoms with van der Waals surface area (Å²) in [7, 11) is 0. The Balaban J connectivity index is 1.76. The summed E-state index contributed by atoms with van der Waals surface area (Å²) >= 11 is 4.85. The van der Waals surface area contributed by atoms with E-state index in [4.69, 9.17) is 0 Å². The molecule has 2 aromatic heterocycles. The molecule has 106 valence electrons. The van der Waals surface area contributed by atoms with Gasteiger partial charge in [-0.1, -0.05) is 15.9 Å². The van der Waals surface area contributed by atoms with E-state index >= 15 is 0 Å². The number of halogens is 1. The lowest BCUT2D eigenvalue weighted by atomic mass is 10.2. The number of aryl methyl sites for hydroxylation is 1. The first-order valence-corrected chi connectivity index (χ1v) is 7.86. The van der Waals surface area contributed by atoms with Crippen LogP contribution in [0.3, 0.4) is 0 Å². The van der Waals surface area contributed by atoms with E-state index < -0.39 is 0 Å². The molecule has 5 nitrogen and oxygen atoms in total. The summed E-state index contributed by atoms with van der Waals surface area (Å²) in [4.78, 5) is 15.3. The number of aromatic nitrogens is 4. The fourth-order valence-corrected chi connectivity index (χ4v) is 2.88. The van der Waals surface area contributed by atoms with Gasteiger partial charge in [-0.25, -0.2) is 0 Å². The Morgan fingerprint density at radius 3 is 2.67 bits per heavy atom. The van der Waals surface area contributed by atoms with E-state index in [0.717, 1.165) is 19.8 Å². The molecule has 0 saturated heterocycles. The van der Waals surface area contributed by atoms with E-state index in [0.29, 0.717) is 5.82 Å². The fourth-order valence-electron chi connectivity index (χ4n) is 1.82. The first-order chi connectivity index (χ1) is 10.1. The Labute approximate surface area is 133 Å². The van der Waals surface area contributed by atoms with Crippen molar-refractivity contribution in [2.24, 2.45) is 0 Å². The summed E-state index contributed by atoms with van der Waals surface area (Å²) < 4.78 is 0.988. The first-order valence-electron chi connectivity index (χ1n) is 6.25. The molecule has 1 aromatic carbocycles. The van der Waals surface area contributed by atoms with E-state index in [2.05, 4.69) is 31.3 Å². The largest absolute Gasteiger partial charge is 0.291 e. The number of carbonyl (C=O) groups is 1. The monoisotopic (exact) mass is 362 g/mol. The van der Waals surface area contributed by atoms with Gasteiger partial charge in [-0.05, 0) is 48.5 Å². The third-order valence-corrected chi connectivity index (χ3v) is 4.43. The highest BCUT2D eigenvalue weighted by atomic mass is 79.9. The highest BCUT2D eigenvalue weighted by molar-refractivity contribution is 9.10. The number of carbonyl (C=O) groups excluding carboxylic acids is 1. The van der Waals surface area contributed by atoms with Crippen molar-refractivity contribution in [3.63, 3.8) is 0 Å². The summed E-state index contributed by atoms with van der Waals surface area (Å²) in [6.07, 6.45) is 0. The van der Waals surface area contributed by atoms with Gasteiger partial charge in [0.25, 0.3) is 0 Å². The number of thiophene rings is 1. The highest BCUT2D eigenvalue weighted by Gasteiger charge is 2.12. The maximum Gasteiger partial charge on any atom is 0.204 e. The number of hydrogen-bond acceptors (Lipinski definition) is 5. The minimum absolute atomic E-state index is 0.00661. The van der Waals surface area contributed by atoms with Crippen molar-refractivity contribution in [2.75, 3.05) is 0 Å². The second-order valence-corrected chi connectivity index (χ2v) is 6.69. The molecule has 21 heavy (non-hydrogen) atoms. The van der Waals surface area contributed by atoms with Gasteiger partial charge in [0, 0.05) is 14.9 Å². The third-order valence-electron chi connectivity index (χ3n) is 2.86. The molecule has 0 atom stereocenters. The van der Waals surface area contributed by atoms with Gasteiger partial charge < -0.3 is 0 Å². The molecule has 0 aliphatic heterocycles. The summed E-state index contributed by atoms with van der Waals surface area (Å²) in [6, 6.07) is 11.4. The van der Waals surface area contributed by atoms with Crippen molar-refractivity contribution < 1.29 is 4.79 Å². The van der Waals surface area contributed by atoms with E-state index in [1.54, 1.807) is 0 Å². The average Bonchev–Trinajstić information content (AvgIpc) is 3.09. The van der Waals surface area contributed by atoms with Crippen LogP contribution < -0.4 is 0 Å². The standard InChI is InChI=1S/C14H11BrN4OS/c1-9-2-7-13(21-9)12(20)8-19-17-14(16-18-19)10-3-5-11(15)6-4-10/h2-7H,8H2,1H3. The maximum atomic E-state index is 12.1. The predicted molar refractivity (Wildman–Crippen MR) is 84.3 cm³/mol. The van der Waals surface area contributed by atoms with Gasteiger partial charge in [0.05, 0.1) is 4.88 Å². The molecule has 0 aliphatic rings. The SMILES string of the molecule is Cc1ccc(C(=O)Cn2nnc(-c3ccc(Br)cc3)n2)s1. The van der Waals surface area contributed by atoms with E-state index in [-0.39, 0.29) is 12.3 Å². The molecule has 0 amide bonds. The molecule has 0 unspecified atom stereocenters. The predicted octanol–water partition coefficient (Wildman–Crippen LogP) is 3.36. The summed E-state index contributed by atoms with van der Waals surface area (Å²) in [5.74, 6) is 0.505. The average molecular weight is 363 g/mol. The topological polar surface area (TPSA) is 60.7 Å². The molecule has 0 fully saturated rings. The smallest absolute Gasteiger partial charge is 0.204 e. The number of tetrazole rings is 1. The van der Waals surface area contributed by atoms with E-state index in [1.807, 2.05) is 43.3 Å². The molecular weight excluding hydrogens is 352 g/mol. The molecular formula is C14H11BrN4OS.